The Bertz CT molecular complexity index is 913. The number of amides is 1. The van der Waals surface area contributed by atoms with E-state index < -0.39 is 0 Å². The smallest absolute Gasteiger partial charge is 0.228 e. The molecule has 1 amide bonds. The van der Waals surface area contributed by atoms with Gasteiger partial charge in [0.15, 0.2) is 0 Å². The lowest BCUT2D eigenvalue weighted by Gasteiger charge is -2.11. The molecule has 0 aliphatic rings. The van der Waals surface area contributed by atoms with Crippen molar-refractivity contribution in [1.29, 1.82) is 0 Å². The number of carbonyl (C=O) groups is 1. The van der Waals surface area contributed by atoms with Crippen LogP contribution in [0.4, 0.5) is 5.69 Å². The lowest BCUT2D eigenvalue weighted by atomic mass is 10.1. The molecule has 0 atom stereocenters. The Morgan fingerprint density at radius 3 is 2.61 bits per heavy atom. The molecule has 3 aromatic rings. The van der Waals surface area contributed by atoms with Crippen molar-refractivity contribution >= 4 is 22.5 Å². The van der Waals surface area contributed by atoms with Crippen LogP contribution in [-0.4, -0.2) is 43.0 Å². The molecule has 1 heterocycles. The molecule has 0 fully saturated rings. The molecule has 5 nitrogen and oxygen atoms in total. The van der Waals surface area contributed by atoms with Crippen LogP contribution in [0, 0.1) is 0 Å². The molecule has 2 N–H and O–H groups in total. The van der Waals surface area contributed by atoms with E-state index in [2.05, 4.69) is 48.4 Å². The molecule has 3 rings (SSSR count). The maximum Gasteiger partial charge on any atom is 0.228 e. The highest BCUT2D eigenvalue weighted by atomic mass is 16.5. The summed E-state index contributed by atoms with van der Waals surface area (Å²) in [6, 6.07) is 13.8. The number of nitrogens with zero attached hydrogens (tertiary/aromatic N) is 1. The van der Waals surface area contributed by atoms with Crippen LogP contribution in [0.3, 0.4) is 0 Å². The molecular formula is C23H29N3O2. The van der Waals surface area contributed by atoms with Crippen LogP contribution < -0.4 is 10.1 Å². The van der Waals surface area contributed by atoms with E-state index in [-0.39, 0.29) is 5.91 Å². The van der Waals surface area contributed by atoms with Crippen LogP contribution in [-0.2, 0) is 17.6 Å². The monoisotopic (exact) mass is 379 g/mol. The second-order valence-corrected chi connectivity index (χ2v) is 7.26. The van der Waals surface area contributed by atoms with Gasteiger partial charge in [-0.1, -0.05) is 25.1 Å². The number of aromatic nitrogens is 1. The van der Waals surface area contributed by atoms with Gasteiger partial charge < -0.3 is 19.9 Å². The maximum atomic E-state index is 12.5. The highest BCUT2D eigenvalue weighted by Gasteiger charge is 2.11. The number of hydrogen-bond acceptors (Lipinski definition) is 3. The Morgan fingerprint density at radius 2 is 1.89 bits per heavy atom. The van der Waals surface area contributed by atoms with Crippen molar-refractivity contribution < 1.29 is 9.53 Å². The number of carbonyl (C=O) groups excluding carboxylic acids is 1. The number of benzene rings is 2. The van der Waals surface area contributed by atoms with Gasteiger partial charge in [0.1, 0.15) is 5.75 Å². The van der Waals surface area contributed by atoms with Crippen LogP contribution in [0.15, 0.2) is 48.7 Å². The second kappa shape index (κ2) is 9.42. The molecule has 0 unspecified atom stereocenters. The van der Waals surface area contributed by atoms with E-state index in [1.54, 1.807) is 0 Å². The van der Waals surface area contributed by atoms with Crippen LogP contribution >= 0.6 is 0 Å². The molecule has 0 saturated carbocycles. The Balaban J connectivity index is 1.55. The third kappa shape index (κ3) is 5.14. The molecular weight excluding hydrogens is 350 g/mol. The number of fused-ring (bicyclic) bond motifs is 1. The normalized spacial score (nSPS) is 11.1. The fraction of sp³-hybridized carbons (Fsp3) is 0.348. The van der Waals surface area contributed by atoms with Crippen molar-refractivity contribution in [2.75, 3.05) is 32.6 Å². The van der Waals surface area contributed by atoms with Gasteiger partial charge in [-0.3, -0.25) is 4.79 Å². The fourth-order valence-electron chi connectivity index (χ4n) is 3.30. The summed E-state index contributed by atoms with van der Waals surface area (Å²) in [7, 11) is 4.10. The van der Waals surface area contributed by atoms with Gasteiger partial charge >= 0.3 is 0 Å². The average molecular weight is 380 g/mol. The van der Waals surface area contributed by atoms with Crippen molar-refractivity contribution in [2.24, 2.45) is 0 Å². The topological polar surface area (TPSA) is 57.4 Å². The van der Waals surface area contributed by atoms with Gasteiger partial charge in [-0.15, -0.1) is 0 Å². The van der Waals surface area contributed by atoms with Gasteiger partial charge in [-0.25, -0.2) is 0 Å². The highest BCUT2D eigenvalue weighted by molar-refractivity contribution is 5.96. The number of H-pyrrole nitrogens is 1. The van der Waals surface area contributed by atoms with Crippen LogP contribution in [0.2, 0.25) is 0 Å². The first-order chi connectivity index (χ1) is 13.6. The summed E-state index contributed by atoms with van der Waals surface area (Å²) in [5.74, 6) is 0.794. The fourth-order valence-corrected chi connectivity index (χ4v) is 3.30. The summed E-state index contributed by atoms with van der Waals surface area (Å²) in [6.07, 6.45) is 4.23. The Labute approximate surface area is 166 Å². The van der Waals surface area contributed by atoms with E-state index in [9.17, 15) is 4.79 Å². The van der Waals surface area contributed by atoms with Crippen molar-refractivity contribution in [1.82, 2.24) is 9.88 Å². The lowest BCUT2D eigenvalue weighted by Crippen LogP contribution is -2.15. The zero-order valence-corrected chi connectivity index (χ0v) is 16.9. The number of anilines is 1. The van der Waals surface area contributed by atoms with Crippen LogP contribution in [0.5, 0.6) is 5.75 Å². The summed E-state index contributed by atoms with van der Waals surface area (Å²) in [5.41, 5.74) is 4.19. The number of para-hydroxylation sites is 1. The first kappa shape index (κ1) is 20.0. The van der Waals surface area contributed by atoms with Gasteiger partial charge in [0.2, 0.25) is 5.91 Å². The lowest BCUT2D eigenvalue weighted by molar-refractivity contribution is -0.115. The molecule has 0 saturated heterocycles. The van der Waals surface area contributed by atoms with Crippen LogP contribution in [0.25, 0.3) is 10.9 Å². The van der Waals surface area contributed by atoms with Crippen molar-refractivity contribution in [2.45, 2.75) is 26.2 Å². The number of aromatic amines is 1. The Hall–Kier alpha value is -2.79. The van der Waals surface area contributed by atoms with Crippen molar-refractivity contribution in [3.63, 3.8) is 0 Å². The van der Waals surface area contributed by atoms with Crippen LogP contribution in [0.1, 0.15) is 24.5 Å². The molecule has 0 bridgehead atoms. The highest BCUT2D eigenvalue weighted by Crippen LogP contribution is 2.23. The third-order valence-electron chi connectivity index (χ3n) is 4.78. The molecule has 1 aromatic heterocycles. The zero-order valence-electron chi connectivity index (χ0n) is 16.9. The van der Waals surface area contributed by atoms with Gasteiger partial charge in [0.05, 0.1) is 13.0 Å². The Kier molecular flexibility index (Phi) is 6.71. The molecule has 2 aromatic carbocycles. The quantitative estimate of drug-likeness (QED) is 0.547. The van der Waals surface area contributed by atoms with Crippen molar-refractivity contribution in [3.05, 3.63) is 59.8 Å². The predicted octanol–water partition coefficient (Wildman–Crippen LogP) is 4.24. The predicted molar refractivity (Wildman–Crippen MR) is 115 cm³/mol. The van der Waals surface area contributed by atoms with E-state index in [4.69, 9.17) is 4.74 Å². The second-order valence-electron chi connectivity index (χ2n) is 7.26. The largest absolute Gasteiger partial charge is 0.494 e. The molecule has 28 heavy (non-hydrogen) atoms. The van der Waals surface area contributed by atoms with Crippen molar-refractivity contribution in [3.8, 4) is 5.75 Å². The maximum absolute atomic E-state index is 12.5. The summed E-state index contributed by atoms with van der Waals surface area (Å²) in [4.78, 5) is 17.9. The first-order valence-electron chi connectivity index (χ1n) is 9.82. The van der Waals surface area contributed by atoms with E-state index in [0.717, 1.165) is 47.3 Å². The standard InChI is InChI=1S/C23H29N3O2/c1-4-17-7-5-8-21-18(16-24-23(17)21)15-22(27)25-19-9-11-20(12-10-19)28-14-6-13-26(2)3/h5,7-12,16,24H,4,6,13-15H2,1-3H3,(H,25,27). The minimum atomic E-state index is -0.0255. The number of rotatable bonds is 9. The first-order valence-corrected chi connectivity index (χ1v) is 9.82. The SMILES string of the molecule is CCc1cccc2c(CC(=O)Nc3ccc(OCCCN(C)C)cc3)c[nH]c12. The summed E-state index contributed by atoms with van der Waals surface area (Å²) in [5, 5.41) is 4.09. The number of aryl methyl sites for hydroxylation is 1. The minimum absolute atomic E-state index is 0.0255. The number of nitrogens with one attached hydrogen (secondary N) is 2. The molecule has 0 radical (unpaired) electrons. The molecule has 0 aliphatic heterocycles. The third-order valence-corrected chi connectivity index (χ3v) is 4.78. The van der Waals surface area contributed by atoms with Gasteiger partial charge in [0, 0.05) is 29.3 Å². The summed E-state index contributed by atoms with van der Waals surface area (Å²) in [6.45, 7) is 3.82. The van der Waals surface area contributed by atoms with Gasteiger partial charge in [-0.2, -0.15) is 0 Å². The van der Waals surface area contributed by atoms with E-state index in [1.807, 2.05) is 36.5 Å². The van der Waals surface area contributed by atoms with Gasteiger partial charge in [0.25, 0.3) is 0 Å². The molecule has 0 spiro atoms. The summed E-state index contributed by atoms with van der Waals surface area (Å²) >= 11 is 0. The van der Waals surface area contributed by atoms with Gasteiger partial charge in [-0.05, 0) is 62.3 Å². The average Bonchev–Trinajstić information content (AvgIpc) is 3.09. The number of hydrogen-bond donors (Lipinski definition) is 2. The molecule has 0 aliphatic carbocycles. The Morgan fingerprint density at radius 1 is 1.11 bits per heavy atom. The minimum Gasteiger partial charge on any atom is -0.494 e. The number of ether oxygens (including phenoxy) is 1. The van der Waals surface area contributed by atoms with E-state index in [0.29, 0.717) is 13.0 Å². The summed E-state index contributed by atoms with van der Waals surface area (Å²) < 4.78 is 5.73. The van der Waals surface area contributed by atoms with E-state index in [1.165, 1.54) is 5.56 Å². The molecule has 148 valence electrons. The van der Waals surface area contributed by atoms with E-state index >= 15 is 0 Å². The zero-order chi connectivity index (χ0) is 19.9. The molecule has 5 heteroatoms.